The molecule has 0 aliphatic heterocycles. The molecular weight excluding hydrogens is 264 g/mol. The Morgan fingerprint density at radius 1 is 1.32 bits per heavy atom. The molecule has 100 valence electrons. The van der Waals surface area contributed by atoms with Gasteiger partial charge in [-0.1, -0.05) is 37.1 Å². The Morgan fingerprint density at radius 2 is 2.16 bits per heavy atom. The van der Waals surface area contributed by atoms with Crippen LogP contribution in [0.2, 0.25) is 5.15 Å². The van der Waals surface area contributed by atoms with Crippen molar-refractivity contribution in [2.45, 2.75) is 26.4 Å². The van der Waals surface area contributed by atoms with Gasteiger partial charge in [0.15, 0.2) is 0 Å². The highest BCUT2D eigenvalue weighted by Gasteiger charge is 2.11. The Bertz CT molecular complexity index is 561. The van der Waals surface area contributed by atoms with E-state index in [1.165, 1.54) is 6.33 Å². The second-order valence-corrected chi connectivity index (χ2v) is 4.46. The van der Waals surface area contributed by atoms with Gasteiger partial charge in [0.25, 0.3) is 0 Å². The summed E-state index contributed by atoms with van der Waals surface area (Å²) in [4.78, 5) is 8.10. The van der Waals surface area contributed by atoms with Crippen molar-refractivity contribution >= 4 is 11.6 Å². The number of hydrogen-bond donors (Lipinski definition) is 1. The summed E-state index contributed by atoms with van der Waals surface area (Å²) in [5.41, 5.74) is 1.59. The number of hydrogen-bond acceptors (Lipinski definition) is 4. The van der Waals surface area contributed by atoms with Gasteiger partial charge in [-0.15, -0.1) is 0 Å². The van der Waals surface area contributed by atoms with E-state index in [9.17, 15) is 0 Å². The summed E-state index contributed by atoms with van der Waals surface area (Å²) in [6.45, 7) is 2.03. The fraction of sp³-hybridized carbons (Fsp3) is 0.286. The quantitative estimate of drug-likeness (QED) is 0.852. The molecule has 0 saturated carbocycles. The Labute approximate surface area is 117 Å². The van der Waals surface area contributed by atoms with E-state index in [0.717, 1.165) is 24.0 Å². The van der Waals surface area contributed by atoms with Crippen LogP contribution in [0.3, 0.4) is 0 Å². The Kier molecular flexibility index (Phi) is 4.71. The lowest BCUT2D eigenvalue weighted by Crippen LogP contribution is -1.98. The van der Waals surface area contributed by atoms with Crippen LogP contribution in [0.15, 0.2) is 30.6 Å². The van der Waals surface area contributed by atoms with Crippen molar-refractivity contribution in [1.82, 2.24) is 9.97 Å². The molecular formula is C14H15ClN2O2. The van der Waals surface area contributed by atoms with E-state index in [1.54, 1.807) is 6.07 Å². The summed E-state index contributed by atoms with van der Waals surface area (Å²) in [5.74, 6) is 1.09. The van der Waals surface area contributed by atoms with Crippen LogP contribution < -0.4 is 4.74 Å². The first-order valence-corrected chi connectivity index (χ1v) is 6.49. The minimum Gasteiger partial charge on any atom is -0.439 e. The molecule has 5 heteroatoms. The van der Waals surface area contributed by atoms with Crippen molar-refractivity contribution in [3.63, 3.8) is 0 Å². The first-order valence-electron chi connectivity index (χ1n) is 6.11. The SMILES string of the molecule is CCCc1c(Cl)ncnc1Oc1cccc(CO)c1. The van der Waals surface area contributed by atoms with E-state index >= 15 is 0 Å². The molecule has 0 unspecified atom stereocenters. The van der Waals surface area contributed by atoms with E-state index in [1.807, 2.05) is 18.2 Å². The number of nitrogens with zero attached hydrogens (tertiary/aromatic N) is 2. The number of halogens is 1. The Hall–Kier alpha value is -1.65. The second kappa shape index (κ2) is 6.50. The van der Waals surface area contributed by atoms with Gasteiger partial charge in [-0.3, -0.25) is 0 Å². The standard InChI is InChI=1S/C14H15ClN2O2/c1-2-4-12-13(15)16-9-17-14(12)19-11-6-3-5-10(7-11)8-18/h3,5-7,9,18H,2,4,8H2,1H3. The maximum absolute atomic E-state index is 9.11. The molecule has 1 heterocycles. The van der Waals surface area contributed by atoms with Crippen LogP contribution in [0.1, 0.15) is 24.5 Å². The van der Waals surface area contributed by atoms with E-state index in [4.69, 9.17) is 21.4 Å². The average Bonchev–Trinajstić information content (AvgIpc) is 2.43. The largest absolute Gasteiger partial charge is 0.439 e. The second-order valence-electron chi connectivity index (χ2n) is 4.11. The van der Waals surface area contributed by atoms with Crippen molar-refractivity contribution in [3.8, 4) is 11.6 Å². The molecule has 1 aromatic heterocycles. The molecule has 0 radical (unpaired) electrons. The summed E-state index contributed by atoms with van der Waals surface area (Å²) < 4.78 is 5.74. The molecule has 0 aliphatic rings. The number of aliphatic hydroxyl groups is 1. The maximum Gasteiger partial charge on any atom is 0.227 e. The highest BCUT2D eigenvalue weighted by Crippen LogP contribution is 2.28. The highest BCUT2D eigenvalue weighted by molar-refractivity contribution is 6.30. The molecule has 1 N–H and O–H groups in total. The molecule has 2 rings (SSSR count). The third-order valence-electron chi connectivity index (χ3n) is 2.65. The first kappa shape index (κ1) is 13.8. The van der Waals surface area contributed by atoms with Crippen LogP contribution >= 0.6 is 11.6 Å². The summed E-state index contributed by atoms with van der Waals surface area (Å²) >= 11 is 6.06. The summed E-state index contributed by atoms with van der Waals surface area (Å²) in [7, 11) is 0. The number of aliphatic hydroxyl groups excluding tert-OH is 1. The van der Waals surface area contributed by atoms with Gasteiger partial charge in [-0.05, 0) is 24.1 Å². The van der Waals surface area contributed by atoms with Crippen LogP contribution in [0, 0.1) is 0 Å². The lowest BCUT2D eigenvalue weighted by molar-refractivity contribution is 0.281. The van der Waals surface area contributed by atoms with Gasteiger partial charge in [-0.2, -0.15) is 0 Å². The number of benzene rings is 1. The van der Waals surface area contributed by atoms with Crippen molar-refractivity contribution < 1.29 is 9.84 Å². The van der Waals surface area contributed by atoms with E-state index in [0.29, 0.717) is 16.8 Å². The fourth-order valence-corrected chi connectivity index (χ4v) is 1.96. The number of ether oxygens (including phenoxy) is 1. The van der Waals surface area contributed by atoms with Gasteiger partial charge in [0, 0.05) is 0 Å². The van der Waals surface area contributed by atoms with Crippen molar-refractivity contribution in [1.29, 1.82) is 0 Å². The van der Waals surface area contributed by atoms with Gasteiger partial charge in [0.1, 0.15) is 17.2 Å². The molecule has 4 nitrogen and oxygen atoms in total. The third-order valence-corrected chi connectivity index (χ3v) is 2.97. The normalized spacial score (nSPS) is 10.5. The minimum atomic E-state index is -0.0243. The summed E-state index contributed by atoms with van der Waals surface area (Å²) in [6, 6.07) is 7.23. The van der Waals surface area contributed by atoms with Crippen molar-refractivity contribution in [3.05, 3.63) is 46.9 Å². The first-order chi connectivity index (χ1) is 9.24. The van der Waals surface area contributed by atoms with Crippen molar-refractivity contribution in [2.75, 3.05) is 0 Å². The lowest BCUT2D eigenvalue weighted by atomic mass is 10.2. The van der Waals surface area contributed by atoms with Crippen LogP contribution in [0.4, 0.5) is 0 Å². The number of rotatable bonds is 5. The average molecular weight is 279 g/mol. The highest BCUT2D eigenvalue weighted by atomic mass is 35.5. The lowest BCUT2D eigenvalue weighted by Gasteiger charge is -2.10. The Balaban J connectivity index is 2.29. The molecule has 0 amide bonds. The summed E-state index contributed by atoms with van der Waals surface area (Å²) in [6.07, 6.45) is 3.07. The zero-order valence-corrected chi connectivity index (χ0v) is 11.4. The predicted molar refractivity (Wildman–Crippen MR) is 73.5 cm³/mol. The molecule has 0 bridgehead atoms. The summed E-state index contributed by atoms with van der Waals surface area (Å²) in [5, 5.41) is 9.53. The van der Waals surface area contributed by atoms with Crippen molar-refractivity contribution in [2.24, 2.45) is 0 Å². The zero-order valence-electron chi connectivity index (χ0n) is 10.6. The third kappa shape index (κ3) is 3.43. The molecule has 1 aromatic carbocycles. The Morgan fingerprint density at radius 3 is 2.89 bits per heavy atom. The van der Waals surface area contributed by atoms with Gasteiger partial charge in [-0.25, -0.2) is 9.97 Å². The topological polar surface area (TPSA) is 55.2 Å². The van der Waals surface area contributed by atoms with Crippen LogP contribution in [-0.2, 0) is 13.0 Å². The van der Waals surface area contributed by atoms with Crippen LogP contribution in [0.5, 0.6) is 11.6 Å². The minimum absolute atomic E-state index is 0.0243. The fourth-order valence-electron chi connectivity index (χ4n) is 1.74. The van der Waals surface area contributed by atoms with E-state index in [-0.39, 0.29) is 6.61 Å². The van der Waals surface area contributed by atoms with E-state index in [2.05, 4.69) is 16.9 Å². The molecule has 0 fully saturated rings. The molecule has 2 aromatic rings. The molecule has 0 saturated heterocycles. The number of aromatic nitrogens is 2. The maximum atomic E-state index is 9.11. The predicted octanol–water partition coefficient (Wildman–Crippen LogP) is 3.37. The van der Waals surface area contributed by atoms with Crippen LogP contribution in [-0.4, -0.2) is 15.1 Å². The monoisotopic (exact) mass is 278 g/mol. The van der Waals surface area contributed by atoms with Gasteiger partial charge >= 0.3 is 0 Å². The molecule has 0 spiro atoms. The van der Waals surface area contributed by atoms with Crippen LogP contribution in [0.25, 0.3) is 0 Å². The van der Waals surface area contributed by atoms with Gasteiger partial charge in [0.05, 0.1) is 12.2 Å². The smallest absolute Gasteiger partial charge is 0.227 e. The van der Waals surface area contributed by atoms with E-state index < -0.39 is 0 Å². The zero-order chi connectivity index (χ0) is 13.7. The van der Waals surface area contributed by atoms with Gasteiger partial charge in [0.2, 0.25) is 5.88 Å². The van der Waals surface area contributed by atoms with Gasteiger partial charge < -0.3 is 9.84 Å². The molecule has 19 heavy (non-hydrogen) atoms. The molecule has 0 atom stereocenters. The molecule has 0 aliphatic carbocycles.